The highest BCUT2D eigenvalue weighted by atomic mass is 32.2. The summed E-state index contributed by atoms with van der Waals surface area (Å²) in [5.74, 6) is -0.629. The van der Waals surface area contributed by atoms with E-state index in [-0.39, 0.29) is 18.1 Å². The van der Waals surface area contributed by atoms with Crippen molar-refractivity contribution in [2.45, 2.75) is 6.92 Å². The molecule has 2 heterocycles. The number of fused-ring (bicyclic) bond motifs is 1. The molecule has 2 aromatic rings. The SMILES string of the molecule is CCOC(=O)c1nc2ccccn2c1NS(=O)(=O)N(C)C. The second-order valence-electron chi connectivity index (χ2n) is 4.35. The Hall–Kier alpha value is -2.13. The van der Waals surface area contributed by atoms with Crippen molar-refractivity contribution in [3.05, 3.63) is 30.1 Å². The largest absolute Gasteiger partial charge is 0.461 e. The van der Waals surface area contributed by atoms with Gasteiger partial charge in [0.2, 0.25) is 0 Å². The van der Waals surface area contributed by atoms with Crippen LogP contribution in [0.15, 0.2) is 24.4 Å². The minimum Gasteiger partial charge on any atom is -0.461 e. The van der Waals surface area contributed by atoms with Crippen molar-refractivity contribution in [2.24, 2.45) is 0 Å². The second kappa shape index (κ2) is 5.70. The van der Waals surface area contributed by atoms with E-state index in [0.29, 0.717) is 5.65 Å². The van der Waals surface area contributed by atoms with Gasteiger partial charge in [-0.3, -0.25) is 9.12 Å². The number of nitrogens with one attached hydrogen (secondary N) is 1. The number of ether oxygens (including phenoxy) is 1. The average molecular weight is 312 g/mol. The summed E-state index contributed by atoms with van der Waals surface area (Å²) in [7, 11) is -1.000. The van der Waals surface area contributed by atoms with E-state index in [0.717, 1.165) is 4.31 Å². The minimum atomic E-state index is -3.77. The van der Waals surface area contributed by atoms with E-state index in [9.17, 15) is 13.2 Å². The van der Waals surface area contributed by atoms with E-state index < -0.39 is 16.2 Å². The first-order chi connectivity index (χ1) is 9.86. The number of rotatable bonds is 5. The molecule has 0 aliphatic rings. The van der Waals surface area contributed by atoms with E-state index in [2.05, 4.69) is 9.71 Å². The molecule has 2 aromatic heterocycles. The number of carbonyl (C=O) groups excluding carboxylic acids is 1. The highest BCUT2D eigenvalue weighted by Crippen LogP contribution is 2.20. The molecule has 0 aromatic carbocycles. The van der Waals surface area contributed by atoms with Crippen LogP contribution in [0.4, 0.5) is 5.82 Å². The second-order valence-corrected chi connectivity index (χ2v) is 6.23. The molecule has 0 fully saturated rings. The van der Waals surface area contributed by atoms with Gasteiger partial charge in [-0.25, -0.2) is 9.78 Å². The highest BCUT2D eigenvalue weighted by Gasteiger charge is 2.24. The fourth-order valence-corrected chi connectivity index (χ4v) is 2.27. The van der Waals surface area contributed by atoms with E-state index in [4.69, 9.17) is 4.74 Å². The lowest BCUT2D eigenvalue weighted by Crippen LogP contribution is -2.30. The van der Waals surface area contributed by atoms with Gasteiger partial charge in [-0.1, -0.05) is 6.07 Å². The number of aromatic nitrogens is 2. The molecule has 0 bridgehead atoms. The molecule has 0 radical (unpaired) electrons. The molecule has 0 saturated heterocycles. The minimum absolute atomic E-state index is 0.0535. The van der Waals surface area contributed by atoms with Crippen LogP contribution >= 0.6 is 0 Å². The number of esters is 1. The number of nitrogens with zero attached hydrogens (tertiary/aromatic N) is 3. The van der Waals surface area contributed by atoms with Crippen molar-refractivity contribution in [1.82, 2.24) is 13.7 Å². The molecular weight excluding hydrogens is 296 g/mol. The molecule has 1 N–H and O–H groups in total. The van der Waals surface area contributed by atoms with Crippen molar-refractivity contribution in [1.29, 1.82) is 0 Å². The van der Waals surface area contributed by atoms with Gasteiger partial charge < -0.3 is 4.74 Å². The van der Waals surface area contributed by atoms with Crippen LogP contribution in [-0.2, 0) is 14.9 Å². The first kappa shape index (κ1) is 15.3. The Labute approximate surface area is 122 Å². The molecule has 114 valence electrons. The summed E-state index contributed by atoms with van der Waals surface area (Å²) in [4.78, 5) is 16.1. The zero-order valence-corrected chi connectivity index (χ0v) is 12.7. The lowest BCUT2D eigenvalue weighted by atomic mass is 10.4. The molecule has 0 aliphatic carbocycles. The summed E-state index contributed by atoms with van der Waals surface area (Å²) in [5.41, 5.74) is 0.366. The first-order valence-corrected chi connectivity index (χ1v) is 7.65. The third-order valence-electron chi connectivity index (χ3n) is 2.71. The fourth-order valence-electron chi connectivity index (χ4n) is 1.65. The van der Waals surface area contributed by atoms with Crippen LogP contribution in [0.3, 0.4) is 0 Å². The number of imidazole rings is 1. The van der Waals surface area contributed by atoms with Gasteiger partial charge in [0.1, 0.15) is 5.65 Å². The summed E-state index contributed by atoms with van der Waals surface area (Å²) in [6, 6.07) is 5.11. The van der Waals surface area contributed by atoms with Crippen LogP contribution in [-0.4, -0.2) is 48.8 Å². The lowest BCUT2D eigenvalue weighted by molar-refractivity contribution is 0.0521. The standard InChI is InChI=1S/C12H16N4O4S/c1-4-20-12(17)10-11(14-21(18,19)15(2)3)16-8-6-5-7-9(16)13-10/h5-8,14H,4H2,1-3H3. The van der Waals surface area contributed by atoms with Gasteiger partial charge in [-0.2, -0.15) is 12.7 Å². The predicted octanol–water partition coefficient (Wildman–Crippen LogP) is 0.729. The molecule has 0 atom stereocenters. The maximum Gasteiger partial charge on any atom is 0.360 e. The van der Waals surface area contributed by atoms with Gasteiger partial charge >= 0.3 is 16.2 Å². The monoisotopic (exact) mass is 312 g/mol. The van der Waals surface area contributed by atoms with Crippen LogP contribution in [0.2, 0.25) is 0 Å². The molecule has 9 heteroatoms. The fraction of sp³-hybridized carbons (Fsp3) is 0.333. The molecular formula is C12H16N4O4S. The number of pyridine rings is 1. The highest BCUT2D eigenvalue weighted by molar-refractivity contribution is 7.90. The smallest absolute Gasteiger partial charge is 0.360 e. The van der Waals surface area contributed by atoms with Crippen molar-refractivity contribution >= 4 is 27.6 Å². The molecule has 2 rings (SSSR count). The zero-order chi connectivity index (χ0) is 15.6. The summed E-state index contributed by atoms with van der Waals surface area (Å²) >= 11 is 0. The zero-order valence-electron chi connectivity index (χ0n) is 11.9. The molecule has 0 unspecified atom stereocenters. The third kappa shape index (κ3) is 2.98. The number of anilines is 1. The van der Waals surface area contributed by atoms with Gasteiger partial charge in [0.15, 0.2) is 11.5 Å². The first-order valence-electron chi connectivity index (χ1n) is 6.21. The number of hydrogen-bond acceptors (Lipinski definition) is 5. The summed E-state index contributed by atoms with van der Waals surface area (Å²) in [5, 5.41) is 0. The quantitative estimate of drug-likeness (QED) is 0.822. The number of carbonyl (C=O) groups is 1. The van der Waals surface area contributed by atoms with Gasteiger partial charge in [-0.05, 0) is 19.1 Å². The molecule has 0 spiro atoms. The summed E-state index contributed by atoms with van der Waals surface area (Å²) in [6.45, 7) is 1.84. The van der Waals surface area contributed by atoms with Crippen LogP contribution in [0, 0.1) is 0 Å². The van der Waals surface area contributed by atoms with E-state index >= 15 is 0 Å². The van der Waals surface area contributed by atoms with Crippen LogP contribution in [0.25, 0.3) is 5.65 Å². The van der Waals surface area contributed by atoms with Crippen molar-refractivity contribution in [3.8, 4) is 0 Å². The molecule has 8 nitrogen and oxygen atoms in total. The van der Waals surface area contributed by atoms with Gasteiger partial charge in [0, 0.05) is 20.3 Å². The number of hydrogen-bond donors (Lipinski definition) is 1. The lowest BCUT2D eigenvalue weighted by Gasteiger charge is -2.13. The van der Waals surface area contributed by atoms with Gasteiger partial charge in [0.25, 0.3) is 0 Å². The normalized spacial score (nSPS) is 11.8. The molecule has 0 aliphatic heterocycles. The Morgan fingerprint density at radius 1 is 1.43 bits per heavy atom. The summed E-state index contributed by atoms with van der Waals surface area (Å²) < 4.78 is 33.7. The van der Waals surface area contributed by atoms with Crippen molar-refractivity contribution in [2.75, 3.05) is 25.4 Å². The van der Waals surface area contributed by atoms with Crippen molar-refractivity contribution < 1.29 is 17.9 Å². The van der Waals surface area contributed by atoms with Crippen molar-refractivity contribution in [3.63, 3.8) is 0 Å². The van der Waals surface area contributed by atoms with Crippen LogP contribution in [0.1, 0.15) is 17.4 Å². The van der Waals surface area contributed by atoms with Crippen LogP contribution < -0.4 is 4.72 Å². The van der Waals surface area contributed by atoms with E-state index in [1.165, 1.54) is 18.5 Å². The maximum absolute atomic E-state index is 12.0. The average Bonchev–Trinajstić information content (AvgIpc) is 2.77. The Balaban J connectivity index is 2.58. The van der Waals surface area contributed by atoms with E-state index in [1.54, 1.807) is 31.3 Å². The topological polar surface area (TPSA) is 93.0 Å². The maximum atomic E-state index is 12.0. The van der Waals surface area contributed by atoms with Gasteiger partial charge in [-0.15, -0.1) is 0 Å². The molecule has 0 saturated carbocycles. The van der Waals surface area contributed by atoms with Gasteiger partial charge in [0.05, 0.1) is 6.61 Å². The van der Waals surface area contributed by atoms with Crippen LogP contribution in [0.5, 0.6) is 0 Å². The van der Waals surface area contributed by atoms with E-state index in [1.807, 2.05) is 0 Å². The Morgan fingerprint density at radius 2 is 2.14 bits per heavy atom. The predicted molar refractivity (Wildman–Crippen MR) is 77.4 cm³/mol. The Bertz CT molecular complexity index is 767. The Kier molecular flexibility index (Phi) is 4.14. The molecule has 0 amide bonds. The Morgan fingerprint density at radius 3 is 2.76 bits per heavy atom. The molecule has 21 heavy (non-hydrogen) atoms. The third-order valence-corrected chi connectivity index (χ3v) is 4.12. The summed E-state index contributed by atoms with van der Waals surface area (Å²) in [6.07, 6.45) is 1.61.